The molecular weight excluding hydrogens is 378 g/mol. The molecule has 2 aliphatic carbocycles. The van der Waals surface area contributed by atoms with Gasteiger partial charge < -0.3 is 15.2 Å². The minimum Gasteiger partial charge on any atom is -0.480 e. The zero-order valence-electron chi connectivity index (χ0n) is 17.6. The fourth-order valence-corrected chi connectivity index (χ4v) is 4.90. The Morgan fingerprint density at radius 3 is 2.10 bits per heavy atom. The molecule has 1 saturated carbocycles. The van der Waals surface area contributed by atoms with Gasteiger partial charge in [0.05, 0.1) is 0 Å². The van der Waals surface area contributed by atoms with Crippen LogP contribution in [0.5, 0.6) is 0 Å². The van der Waals surface area contributed by atoms with Crippen LogP contribution in [0, 0.1) is 11.3 Å². The Morgan fingerprint density at radius 2 is 1.57 bits per heavy atom. The lowest BCUT2D eigenvalue weighted by Gasteiger charge is -2.36. The third-order valence-electron chi connectivity index (χ3n) is 6.74. The summed E-state index contributed by atoms with van der Waals surface area (Å²) in [5.41, 5.74) is 4.83. The predicted octanol–water partition coefficient (Wildman–Crippen LogP) is 5.19. The van der Waals surface area contributed by atoms with E-state index in [1.54, 1.807) is 0 Å². The molecule has 2 aliphatic rings. The molecule has 158 valence electrons. The Kier molecular flexibility index (Phi) is 5.54. The second kappa shape index (κ2) is 8.13. The van der Waals surface area contributed by atoms with Gasteiger partial charge in [-0.3, -0.25) is 0 Å². The number of carbonyl (C=O) groups excluding carboxylic acids is 1. The molecule has 0 bridgehead atoms. The number of nitrogens with one attached hydrogen (secondary N) is 1. The monoisotopic (exact) mass is 407 g/mol. The highest BCUT2D eigenvalue weighted by Gasteiger charge is 2.36. The van der Waals surface area contributed by atoms with E-state index in [-0.39, 0.29) is 23.9 Å². The molecule has 2 aromatic carbocycles. The maximum absolute atomic E-state index is 12.5. The Hall–Kier alpha value is -2.82. The van der Waals surface area contributed by atoms with Gasteiger partial charge in [0.15, 0.2) is 0 Å². The number of hydrogen-bond donors (Lipinski definition) is 2. The molecule has 0 radical (unpaired) electrons. The first-order chi connectivity index (χ1) is 14.4. The Morgan fingerprint density at radius 1 is 1.03 bits per heavy atom. The first-order valence-corrected chi connectivity index (χ1v) is 10.7. The standard InChI is InChI=1S/C25H29NO4/c1-25(2)13-11-16(12-14-25)22(23(27)28)26-24(29)30-15-21-19-9-5-3-7-17(19)18-8-4-6-10-20(18)21/h3-10,16,21-22H,11-15H2,1-2H3,(H,26,29)(H,27,28)/t22-/m0/s1. The summed E-state index contributed by atoms with van der Waals surface area (Å²) in [5.74, 6) is -1.09. The van der Waals surface area contributed by atoms with Crippen molar-refractivity contribution < 1.29 is 19.4 Å². The molecule has 5 nitrogen and oxygen atoms in total. The van der Waals surface area contributed by atoms with Gasteiger partial charge in [0.25, 0.3) is 0 Å². The van der Waals surface area contributed by atoms with Crippen molar-refractivity contribution >= 4 is 12.1 Å². The van der Waals surface area contributed by atoms with Crippen LogP contribution in [0.1, 0.15) is 56.6 Å². The predicted molar refractivity (Wildman–Crippen MR) is 115 cm³/mol. The van der Waals surface area contributed by atoms with E-state index in [1.807, 2.05) is 24.3 Å². The summed E-state index contributed by atoms with van der Waals surface area (Å²) in [7, 11) is 0. The van der Waals surface area contributed by atoms with Gasteiger partial charge in [-0.25, -0.2) is 9.59 Å². The summed E-state index contributed by atoms with van der Waals surface area (Å²) in [4.78, 5) is 24.3. The molecule has 1 atom stereocenters. The van der Waals surface area contributed by atoms with E-state index < -0.39 is 18.1 Å². The number of amides is 1. The van der Waals surface area contributed by atoms with Crippen molar-refractivity contribution in [2.24, 2.45) is 11.3 Å². The number of carboxylic acid groups (broad SMARTS) is 1. The number of hydrogen-bond acceptors (Lipinski definition) is 3. The molecule has 30 heavy (non-hydrogen) atoms. The van der Waals surface area contributed by atoms with Gasteiger partial charge >= 0.3 is 12.1 Å². The number of benzene rings is 2. The van der Waals surface area contributed by atoms with E-state index in [9.17, 15) is 14.7 Å². The second-order valence-corrected chi connectivity index (χ2v) is 9.29. The summed E-state index contributed by atoms with van der Waals surface area (Å²) in [6, 6.07) is 15.4. The van der Waals surface area contributed by atoms with Crippen molar-refractivity contribution in [3.8, 4) is 11.1 Å². The van der Waals surface area contributed by atoms with E-state index in [2.05, 4.69) is 43.4 Å². The Balaban J connectivity index is 1.41. The topological polar surface area (TPSA) is 75.6 Å². The average Bonchev–Trinajstić information content (AvgIpc) is 3.04. The third-order valence-corrected chi connectivity index (χ3v) is 6.74. The fourth-order valence-electron chi connectivity index (χ4n) is 4.90. The van der Waals surface area contributed by atoms with Gasteiger partial charge in [-0.1, -0.05) is 62.4 Å². The quantitative estimate of drug-likeness (QED) is 0.715. The van der Waals surface area contributed by atoms with Gasteiger partial charge in [-0.2, -0.15) is 0 Å². The van der Waals surface area contributed by atoms with E-state index in [0.29, 0.717) is 0 Å². The highest BCUT2D eigenvalue weighted by Crippen LogP contribution is 2.44. The normalized spacial score (nSPS) is 18.9. The van der Waals surface area contributed by atoms with Crippen molar-refractivity contribution in [2.45, 2.75) is 51.5 Å². The minimum atomic E-state index is -0.992. The van der Waals surface area contributed by atoms with Crippen LogP contribution in [0.15, 0.2) is 48.5 Å². The van der Waals surface area contributed by atoms with Crippen molar-refractivity contribution in [3.63, 3.8) is 0 Å². The van der Waals surface area contributed by atoms with E-state index in [1.165, 1.54) is 0 Å². The summed E-state index contributed by atoms with van der Waals surface area (Å²) in [6.45, 7) is 4.60. The highest BCUT2D eigenvalue weighted by atomic mass is 16.5. The highest BCUT2D eigenvalue weighted by molar-refractivity contribution is 5.81. The number of alkyl carbamates (subject to hydrolysis) is 1. The van der Waals surface area contributed by atoms with Gasteiger partial charge in [0, 0.05) is 5.92 Å². The SMILES string of the molecule is CC1(C)CCC([C@H](NC(=O)OCC2c3ccccc3-c3ccccc32)C(=O)O)CC1. The molecule has 5 heteroatoms. The van der Waals surface area contributed by atoms with Crippen LogP contribution < -0.4 is 5.32 Å². The molecule has 0 unspecified atom stereocenters. The molecule has 0 spiro atoms. The molecule has 1 amide bonds. The lowest BCUT2D eigenvalue weighted by atomic mass is 9.71. The van der Waals surface area contributed by atoms with Crippen LogP contribution >= 0.6 is 0 Å². The summed E-state index contributed by atoms with van der Waals surface area (Å²) < 4.78 is 5.54. The average molecular weight is 408 g/mol. The summed E-state index contributed by atoms with van der Waals surface area (Å²) in [6.07, 6.45) is 2.87. The zero-order valence-corrected chi connectivity index (χ0v) is 17.6. The molecule has 0 saturated heterocycles. The van der Waals surface area contributed by atoms with Gasteiger partial charge in [0.2, 0.25) is 0 Å². The Bertz CT molecular complexity index is 896. The van der Waals surface area contributed by atoms with Crippen LogP contribution in [0.25, 0.3) is 11.1 Å². The molecular formula is C25H29NO4. The van der Waals surface area contributed by atoms with Crippen LogP contribution in [-0.4, -0.2) is 29.8 Å². The number of carbonyl (C=O) groups is 2. The van der Waals surface area contributed by atoms with E-state index in [4.69, 9.17) is 4.74 Å². The molecule has 0 aliphatic heterocycles. The smallest absolute Gasteiger partial charge is 0.407 e. The molecule has 1 fully saturated rings. The van der Waals surface area contributed by atoms with Gasteiger partial charge in [-0.05, 0) is 59.3 Å². The van der Waals surface area contributed by atoms with Crippen LogP contribution in [0.4, 0.5) is 4.79 Å². The van der Waals surface area contributed by atoms with Crippen molar-refractivity contribution in [1.82, 2.24) is 5.32 Å². The molecule has 0 aromatic heterocycles. The lowest BCUT2D eigenvalue weighted by Crippen LogP contribution is -2.47. The minimum absolute atomic E-state index is 0.0399. The molecule has 4 rings (SSSR count). The van der Waals surface area contributed by atoms with Crippen molar-refractivity contribution in [3.05, 3.63) is 59.7 Å². The van der Waals surface area contributed by atoms with E-state index in [0.717, 1.165) is 47.9 Å². The van der Waals surface area contributed by atoms with Gasteiger partial charge in [-0.15, -0.1) is 0 Å². The largest absolute Gasteiger partial charge is 0.480 e. The number of rotatable bonds is 5. The van der Waals surface area contributed by atoms with E-state index >= 15 is 0 Å². The van der Waals surface area contributed by atoms with Crippen LogP contribution in [-0.2, 0) is 9.53 Å². The molecule has 2 N–H and O–H groups in total. The molecule has 0 heterocycles. The first-order valence-electron chi connectivity index (χ1n) is 10.7. The first kappa shape index (κ1) is 20.5. The zero-order chi connectivity index (χ0) is 21.3. The fraction of sp³-hybridized carbons (Fsp3) is 0.440. The lowest BCUT2D eigenvalue weighted by molar-refractivity contribution is -0.141. The maximum atomic E-state index is 12.5. The summed E-state index contributed by atoms with van der Waals surface area (Å²) in [5, 5.41) is 12.3. The molecule has 2 aromatic rings. The Labute approximate surface area is 177 Å². The number of ether oxygens (including phenoxy) is 1. The second-order valence-electron chi connectivity index (χ2n) is 9.29. The number of fused-ring (bicyclic) bond motifs is 3. The van der Waals surface area contributed by atoms with Crippen molar-refractivity contribution in [1.29, 1.82) is 0 Å². The third kappa shape index (κ3) is 4.07. The maximum Gasteiger partial charge on any atom is 0.407 e. The summed E-state index contributed by atoms with van der Waals surface area (Å²) >= 11 is 0. The van der Waals surface area contributed by atoms with Gasteiger partial charge in [0.1, 0.15) is 12.6 Å². The number of carboxylic acids is 1. The number of aliphatic carboxylic acids is 1. The van der Waals surface area contributed by atoms with Crippen LogP contribution in [0.2, 0.25) is 0 Å². The van der Waals surface area contributed by atoms with Crippen LogP contribution in [0.3, 0.4) is 0 Å². The van der Waals surface area contributed by atoms with Crippen molar-refractivity contribution in [2.75, 3.05) is 6.61 Å².